The number of nitrogens with zero attached hydrogens (tertiary/aromatic N) is 1. The van der Waals surface area contributed by atoms with Crippen molar-refractivity contribution in [1.82, 2.24) is 10.5 Å². The van der Waals surface area contributed by atoms with Gasteiger partial charge in [0.15, 0.2) is 11.5 Å². The van der Waals surface area contributed by atoms with E-state index in [0.29, 0.717) is 17.1 Å². The van der Waals surface area contributed by atoms with Crippen LogP contribution in [0.2, 0.25) is 10.0 Å². The summed E-state index contributed by atoms with van der Waals surface area (Å²) in [5.74, 6) is 0.465. The Morgan fingerprint density at radius 3 is 2.50 bits per heavy atom. The minimum absolute atomic E-state index is 0.179. The second-order valence-electron chi connectivity index (χ2n) is 8.03. The van der Waals surface area contributed by atoms with Crippen LogP contribution in [0.3, 0.4) is 0 Å². The maximum Gasteiger partial charge on any atom is 0.255 e. The maximum atomic E-state index is 12.8. The lowest BCUT2D eigenvalue weighted by molar-refractivity contribution is -0.0476. The molecule has 0 bridgehead atoms. The number of aromatic nitrogens is 1. The van der Waals surface area contributed by atoms with Gasteiger partial charge in [0.2, 0.25) is 0 Å². The predicted octanol–water partition coefficient (Wildman–Crippen LogP) is 5.67. The quantitative estimate of drug-likeness (QED) is 0.435. The number of anilines is 1. The van der Waals surface area contributed by atoms with Gasteiger partial charge in [-0.15, -0.1) is 0 Å². The van der Waals surface area contributed by atoms with Crippen LogP contribution in [0.5, 0.6) is 11.5 Å². The minimum Gasteiger partial charge on any atom is -0.493 e. The first-order chi connectivity index (χ1) is 16.3. The van der Waals surface area contributed by atoms with Crippen LogP contribution in [-0.4, -0.2) is 30.2 Å². The zero-order chi connectivity index (χ0) is 24.3. The highest BCUT2D eigenvalue weighted by Crippen LogP contribution is 2.33. The summed E-state index contributed by atoms with van der Waals surface area (Å²) < 4.78 is 11.4. The van der Waals surface area contributed by atoms with Gasteiger partial charge in [-0.25, -0.2) is 0 Å². The van der Waals surface area contributed by atoms with Gasteiger partial charge >= 0.3 is 0 Å². The van der Waals surface area contributed by atoms with Gasteiger partial charge in [0.05, 0.1) is 28.5 Å². The fourth-order valence-electron chi connectivity index (χ4n) is 3.35. The lowest BCUT2D eigenvalue weighted by Crippen LogP contribution is -2.33. The van der Waals surface area contributed by atoms with E-state index in [1.165, 1.54) is 25.1 Å². The Bertz CT molecular complexity index is 1230. The summed E-state index contributed by atoms with van der Waals surface area (Å²) in [7, 11) is 1.53. The molecule has 176 valence electrons. The van der Waals surface area contributed by atoms with Crippen molar-refractivity contribution >= 4 is 40.5 Å². The van der Waals surface area contributed by atoms with Gasteiger partial charge in [0.25, 0.3) is 5.91 Å². The number of hydrogen-bond acceptors (Lipinski definition) is 6. The molecule has 1 aliphatic heterocycles. The first-order valence-electron chi connectivity index (χ1n) is 10.4. The SMILES string of the molecule is COc1ccc(C(=O)Nc2c(Cl)cncc2Cl)cc1OCC1(C)C=C(c2ccc(C)cc2)NO1. The van der Waals surface area contributed by atoms with Gasteiger partial charge in [-0.3, -0.25) is 20.1 Å². The molecule has 1 atom stereocenters. The highest BCUT2D eigenvalue weighted by molar-refractivity contribution is 6.39. The number of halogens is 2. The van der Waals surface area contributed by atoms with Crippen LogP contribution in [0.25, 0.3) is 5.70 Å². The smallest absolute Gasteiger partial charge is 0.255 e. The van der Waals surface area contributed by atoms with E-state index in [-0.39, 0.29) is 22.3 Å². The third kappa shape index (κ3) is 5.28. The zero-order valence-electron chi connectivity index (χ0n) is 18.8. The van der Waals surface area contributed by atoms with Gasteiger partial charge in [0.1, 0.15) is 12.2 Å². The average Bonchev–Trinajstić information content (AvgIpc) is 3.22. The molecule has 0 fully saturated rings. The summed E-state index contributed by atoms with van der Waals surface area (Å²) in [5.41, 5.74) is 5.91. The number of hydroxylamine groups is 1. The number of benzene rings is 2. The molecule has 2 heterocycles. The summed E-state index contributed by atoms with van der Waals surface area (Å²) in [6, 6.07) is 13.0. The van der Waals surface area contributed by atoms with E-state index in [2.05, 4.69) is 15.8 Å². The molecule has 2 N–H and O–H groups in total. The molecule has 3 aromatic rings. The molecule has 1 unspecified atom stereocenters. The van der Waals surface area contributed by atoms with Gasteiger partial charge in [0, 0.05) is 18.0 Å². The second kappa shape index (κ2) is 9.93. The van der Waals surface area contributed by atoms with Crippen molar-refractivity contribution in [3.8, 4) is 11.5 Å². The molecule has 2 aromatic carbocycles. The van der Waals surface area contributed by atoms with Gasteiger partial charge in [-0.2, -0.15) is 0 Å². The topological polar surface area (TPSA) is 81.7 Å². The molecule has 1 aliphatic rings. The molecule has 0 saturated carbocycles. The van der Waals surface area contributed by atoms with E-state index in [1.54, 1.807) is 18.2 Å². The Morgan fingerprint density at radius 2 is 1.82 bits per heavy atom. The van der Waals surface area contributed by atoms with Crippen LogP contribution in [-0.2, 0) is 4.84 Å². The van der Waals surface area contributed by atoms with Crippen molar-refractivity contribution in [2.24, 2.45) is 0 Å². The fourth-order valence-corrected chi connectivity index (χ4v) is 3.81. The first kappa shape index (κ1) is 23.9. The maximum absolute atomic E-state index is 12.8. The lowest BCUT2D eigenvalue weighted by Gasteiger charge is -2.21. The monoisotopic (exact) mass is 499 g/mol. The number of ether oxygens (including phenoxy) is 2. The molecule has 9 heteroatoms. The summed E-state index contributed by atoms with van der Waals surface area (Å²) in [6.45, 7) is 4.12. The fraction of sp³-hybridized carbons (Fsp3) is 0.200. The summed E-state index contributed by atoms with van der Waals surface area (Å²) in [4.78, 5) is 22.5. The number of methoxy groups -OCH3 is 1. The Hall–Kier alpha value is -3.26. The van der Waals surface area contributed by atoms with Crippen LogP contribution in [0, 0.1) is 6.92 Å². The Balaban J connectivity index is 1.50. The van der Waals surface area contributed by atoms with E-state index >= 15 is 0 Å². The van der Waals surface area contributed by atoms with E-state index in [0.717, 1.165) is 11.3 Å². The number of carbonyl (C=O) groups excluding carboxylic acids is 1. The Kier molecular flexibility index (Phi) is 6.97. The molecule has 34 heavy (non-hydrogen) atoms. The molecule has 0 saturated heterocycles. The van der Waals surface area contributed by atoms with Crippen molar-refractivity contribution in [3.63, 3.8) is 0 Å². The Morgan fingerprint density at radius 1 is 1.12 bits per heavy atom. The second-order valence-corrected chi connectivity index (χ2v) is 8.84. The standard InChI is InChI=1S/C25H23Cl2N3O4/c1-15-4-6-16(7-5-15)20-11-25(2,34-30-20)14-33-22-10-17(8-9-21(22)32-3)24(31)29-23-18(26)12-28-13-19(23)27/h4-13,30H,14H2,1-3H3,(H,28,29,31). The molecule has 1 amide bonds. The van der Waals surface area contributed by atoms with Crippen molar-refractivity contribution in [3.05, 3.63) is 87.7 Å². The molecular formula is C25H23Cl2N3O4. The average molecular weight is 500 g/mol. The number of nitrogens with one attached hydrogen (secondary N) is 2. The first-order valence-corrected chi connectivity index (χ1v) is 11.2. The highest BCUT2D eigenvalue weighted by Gasteiger charge is 2.32. The van der Waals surface area contributed by atoms with Crippen LogP contribution in [0.1, 0.15) is 28.4 Å². The van der Waals surface area contributed by atoms with Crippen LogP contribution in [0.15, 0.2) is 60.9 Å². The van der Waals surface area contributed by atoms with Gasteiger partial charge < -0.3 is 14.8 Å². The number of aryl methyl sites for hydroxylation is 1. The normalized spacial score (nSPS) is 17.0. The highest BCUT2D eigenvalue weighted by atomic mass is 35.5. The molecule has 0 spiro atoms. The van der Waals surface area contributed by atoms with Crippen LogP contribution >= 0.6 is 23.2 Å². The number of rotatable bonds is 7. The van der Waals surface area contributed by atoms with Crippen molar-refractivity contribution < 1.29 is 19.1 Å². The lowest BCUT2D eigenvalue weighted by atomic mass is 10.0. The third-order valence-corrected chi connectivity index (χ3v) is 5.81. The Labute approximate surface area is 207 Å². The molecule has 0 aliphatic carbocycles. The number of pyridine rings is 1. The summed E-state index contributed by atoms with van der Waals surface area (Å²) >= 11 is 12.2. The van der Waals surface area contributed by atoms with Gasteiger partial charge in [-0.05, 0) is 43.7 Å². The predicted molar refractivity (Wildman–Crippen MR) is 132 cm³/mol. The molecule has 7 nitrogen and oxygen atoms in total. The molecule has 0 radical (unpaired) electrons. The summed E-state index contributed by atoms with van der Waals surface area (Å²) in [6.07, 6.45) is 4.77. The van der Waals surface area contributed by atoms with Gasteiger partial charge in [-0.1, -0.05) is 53.0 Å². The summed E-state index contributed by atoms with van der Waals surface area (Å²) in [5, 5.41) is 3.18. The molecule has 1 aromatic heterocycles. The van der Waals surface area contributed by atoms with Crippen molar-refractivity contribution in [2.45, 2.75) is 19.4 Å². The van der Waals surface area contributed by atoms with E-state index < -0.39 is 11.5 Å². The largest absolute Gasteiger partial charge is 0.493 e. The molecule has 4 rings (SSSR count). The van der Waals surface area contributed by atoms with Crippen molar-refractivity contribution in [2.75, 3.05) is 19.0 Å². The van der Waals surface area contributed by atoms with E-state index in [4.69, 9.17) is 37.5 Å². The number of hydrogen-bond donors (Lipinski definition) is 2. The van der Waals surface area contributed by atoms with Crippen LogP contribution in [0.4, 0.5) is 5.69 Å². The zero-order valence-corrected chi connectivity index (χ0v) is 20.3. The third-order valence-electron chi connectivity index (χ3n) is 5.24. The van der Waals surface area contributed by atoms with E-state index in [9.17, 15) is 4.79 Å². The molecular weight excluding hydrogens is 477 g/mol. The van der Waals surface area contributed by atoms with Crippen LogP contribution < -0.4 is 20.3 Å². The number of amides is 1. The number of carbonyl (C=O) groups is 1. The van der Waals surface area contributed by atoms with Crippen molar-refractivity contribution in [1.29, 1.82) is 0 Å². The minimum atomic E-state index is -0.735. The van der Waals surface area contributed by atoms with E-state index in [1.807, 2.05) is 44.2 Å².